The number of carbonyl (C=O) groups is 2. The van der Waals surface area contributed by atoms with Crippen LogP contribution >= 0.6 is 0 Å². The van der Waals surface area contributed by atoms with Gasteiger partial charge >= 0.3 is 5.97 Å². The molecule has 0 saturated heterocycles. The third-order valence-electron chi connectivity index (χ3n) is 5.09. The third kappa shape index (κ3) is 3.58. The molecular weight excluding hydrogens is 334 g/mol. The number of hydrogen-bond donors (Lipinski definition) is 2. The molecule has 3 atom stereocenters. The predicted octanol–water partition coefficient (Wildman–Crippen LogP) is 3.08. The normalized spacial score (nSPS) is 22.5. The molecule has 1 aromatic rings. The van der Waals surface area contributed by atoms with Crippen LogP contribution in [0.4, 0.5) is 0 Å². The van der Waals surface area contributed by atoms with E-state index in [1.807, 2.05) is 26.8 Å². The average molecular weight is 359 g/mol. The molecule has 0 spiro atoms. The molecule has 6 nitrogen and oxygen atoms in total. The number of nitrogens with zero attached hydrogens (tertiary/aromatic N) is 1. The number of rotatable bonds is 4. The highest BCUT2D eigenvalue weighted by Gasteiger charge is 2.52. The van der Waals surface area contributed by atoms with E-state index in [0.717, 1.165) is 0 Å². The molecule has 2 N–H and O–H groups in total. The van der Waals surface area contributed by atoms with Crippen LogP contribution in [-0.4, -0.2) is 28.3 Å². The highest BCUT2D eigenvalue weighted by atomic mass is 16.6. The number of carbonyl (C=O) groups excluding carboxylic acids is 1. The molecule has 0 aromatic heterocycles. The Morgan fingerprint density at radius 3 is 2.46 bits per heavy atom. The zero-order valence-electron chi connectivity index (χ0n) is 15.7. The summed E-state index contributed by atoms with van der Waals surface area (Å²) in [5.74, 6) is -2.29. The third-order valence-corrected chi connectivity index (χ3v) is 5.09. The van der Waals surface area contributed by atoms with E-state index in [4.69, 9.17) is 15.1 Å². The first kappa shape index (κ1) is 19.9. The van der Waals surface area contributed by atoms with E-state index in [1.165, 1.54) is 0 Å². The number of ether oxygens (including phenoxy) is 1. The van der Waals surface area contributed by atoms with Crippen molar-refractivity contribution in [1.82, 2.24) is 0 Å². The maximum atomic E-state index is 12.9. The Bertz CT molecular complexity index is 769. The number of carboxylic acid groups (broad SMARTS) is 1. The van der Waals surface area contributed by atoms with Gasteiger partial charge in [0.05, 0.1) is 11.6 Å². The Kier molecular flexibility index (Phi) is 5.16. The number of ketones is 1. The number of aliphatic hydroxyl groups excluding tert-OH is 1. The molecule has 140 valence electrons. The monoisotopic (exact) mass is 359 g/mol. The van der Waals surface area contributed by atoms with E-state index in [1.54, 1.807) is 32.0 Å². The number of aliphatic hydroxyl groups is 1. The smallest absolute Gasteiger partial charge is 0.310 e. The highest BCUT2D eigenvalue weighted by Crippen LogP contribution is 2.55. The topological polar surface area (TPSA) is 108 Å². The summed E-state index contributed by atoms with van der Waals surface area (Å²) in [6.45, 7) is 9.27. The van der Waals surface area contributed by atoms with Crippen LogP contribution in [0.2, 0.25) is 0 Å². The van der Waals surface area contributed by atoms with Gasteiger partial charge in [-0.1, -0.05) is 40.7 Å². The summed E-state index contributed by atoms with van der Waals surface area (Å²) in [6.07, 6.45) is -1.76. The van der Waals surface area contributed by atoms with Crippen molar-refractivity contribution in [3.63, 3.8) is 0 Å². The molecule has 0 bridgehead atoms. The van der Waals surface area contributed by atoms with Gasteiger partial charge in [-0.2, -0.15) is 5.26 Å². The van der Waals surface area contributed by atoms with Gasteiger partial charge in [0.15, 0.2) is 0 Å². The van der Waals surface area contributed by atoms with Gasteiger partial charge in [0.25, 0.3) is 0 Å². The molecule has 1 aliphatic rings. The Morgan fingerprint density at radius 1 is 1.35 bits per heavy atom. The fourth-order valence-corrected chi connectivity index (χ4v) is 3.83. The maximum Gasteiger partial charge on any atom is 0.310 e. The zero-order chi connectivity index (χ0) is 19.9. The van der Waals surface area contributed by atoms with Crippen molar-refractivity contribution in [1.29, 1.82) is 5.26 Å². The van der Waals surface area contributed by atoms with E-state index in [2.05, 4.69) is 0 Å². The lowest BCUT2D eigenvalue weighted by molar-refractivity contribution is -0.152. The van der Waals surface area contributed by atoms with Crippen LogP contribution < -0.4 is 4.74 Å². The van der Waals surface area contributed by atoms with E-state index in [9.17, 15) is 14.7 Å². The molecule has 0 amide bonds. The molecule has 0 radical (unpaired) electrons. The number of Topliss-reactive ketones (excluding diaryl/α,β-unsaturated/α-hetero) is 1. The summed E-state index contributed by atoms with van der Waals surface area (Å²) in [7, 11) is 0. The predicted molar refractivity (Wildman–Crippen MR) is 94.5 cm³/mol. The number of nitriles is 1. The van der Waals surface area contributed by atoms with Crippen LogP contribution in [0.15, 0.2) is 18.2 Å². The summed E-state index contributed by atoms with van der Waals surface area (Å²) < 4.78 is 5.62. The van der Waals surface area contributed by atoms with Crippen LogP contribution in [0.5, 0.6) is 5.75 Å². The first-order chi connectivity index (χ1) is 11.9. The van der Waals surface area contributed by atoms with Gasteiger partial charge in [-0.05, 0) is 23.1 Å². The number of hydrogen-bond acceptors (Lipinski definition) is 5. The molecule has 1 aliphatic heterocycles. The lowest BCUT2D eigenvalue weighted by Gasteiger charge is -2.49. The number of carboxylic acids is 1. The Morgan fingerprint density at radius 2 is 1.96 bits per heavy atom. The van der Waals surface area contributed by atoms with Crippen molar-refractivity contribution in [2.45, 2.75) is 53.2 Å². The minimum atomic E-state index is -1.18. The van der Waals surface area contributed by atoms with E-state index < -0.39 is 41.3 Å². The fourth-order valence-electron chi connectivity index (χ4n) is 3.83. The molecule has 0 saturated carbocycles. The van der Waals surface area contributed by atoms with Crippen molar-refractivity contribution >= 4 is 11.8 Å². The number of fused-ring (bicyclic) bond motifs is 1. The minimum absolute atomic E-state index is 0.359. The summed E-state index contributed by atoms with van der Waals surface area (Å²) in [4.78, 5) is 24.0. The second-order valence-corrected chi connectivity index (χ2v) is 8.51. The minimum Gasteiger partial charge on any atom is -0.481 e. The second kappa shape index (κ2) is 6.73. The van der Waals surface area contributed by atoms with Gasteiger partial charge < -0.3 is 14.9 Å². The zero-order valence-corrected chi connectivity index (χ0v) is 15.7. The molecule has 0 aliphatic carbocycles. The highest BCUT2D eigenvalue weighted by molar-refractivity contribution is 5.97. The number of benzene rings is 1. The molecule has 0 fully saturated rings. The SMILES string of the molecule is CC(C)(C)C(C(=O)CC(=O)O)C1c2ccc(C#N)cc2OC(O)C1(C)C. The van der Waals surface area contributed by atoms with Gasteiger partial charge in [0.1, 0.15) is 18.0 Å². The quantitative estimate of drug-likeness (QED) is 0.800. The largest absolute Gasteiger partial charge is 0.481 e. The molecular formula is C20H25NO5. The number of aliphatic carboxylic acids is 1. The van der Waals surface area contributed by atoms with Crippen LogP contribution in [0.1, 0.15) is 58.1 Å². The lowest BCUT2D eigenvalue weighted by Crippen LogP contribution is -2.50. The first-order valence-corrected chi connectivity index (χ1v) is 8.53. The Hall–Kier alpha value is -2.39. The van der Waals surface area contributed by atoms with E-state index in [0.29, 0.717) is 16.9 Å². The molecule has 26 heavy (non-hydrogen) atoms. The van der Waals surface area contributed by atoms with E-state index >= 15 is 0 Å². The lowest BCUT2D eigenvalue weighted by atomic mass is 9.58. The van der Waals surface area contributed by atoms with Crippen LogP contribution in [0, 0.1) is 28.1 Å². The van der Waals surface area contributed by atoms with Crippen LogP contribution in [0.3, 0.4) is 0 Å². The summed E-state index contributed by atoms with van der Waals surface area (Å²) >= 11 is 0. The molecule has 3 unspecified atom stereocenters. The van der Waals surface area contributed by atoms with E-state index in [-0.39, 0.29) is 5.78 Å². The molecule has 1 heterocycles. The molecule has 2 rings (SSSR count). The maximum absolute atomic E-state index is 12.9. The van der Waals surface area contributed by atoms with Crippen molar-refractivity contribution in [3.05, 3.63) is 29.3 Å². The van der Waals surface area contributed by atoms with Gasteiger partial charge in [0, 0.05) is 17.3 Å². The van der Waals surface area contributed by atoms with Gasteiger partial charge in [0.2, 0.25) is 6.29 Å². The van der Waals surface area contributed by atoms with Crippen molar-refractivity contribution in [2.75, 3.05) is 0 Å². The van der Waals surface area contributed by atoms with Gasteiger partial charge in [-0.15, -0.1) is 0 Å². The van der Waals surface area contributed by atoms with Crippen molar-refractivity contribution in [2.24, 2.45) is 16.7 Å². The summed E-state index contributed by atoms with van der Waals surface area (Å²) in [6, 6.07) is 6.95. The van der Waals surface area contributed by atoms with Gasteiger partial charge in [-0.3, -0.25) is 9.59 Å². The summed E-state index contributed by atoms with van der Waals surface area (Å²) in [5.41, 5.74) is -0.263. The first-order valence-electron chi connectivity index (χ1n) is 8.53. The standard InChI is InChI=1S/C20H25NO5/c1-19(2,3)17(13(22)9-15(23)24)16-12-7-6-11(10-21)8-14(12)26-18(25)20(16,4)5/h6-8,16-18,25H,9H2,1-5H3,(H,23,24). The van der Waals surface area contributed by atoms with Crippen LogP contribution in [-0.2, 0) is 9.59 Å². The van der Waals surface area contributed by atoms with Crippen molar-refractivity contribution < 1.29 is 24.5 Å². The second-order valence-electron chi connectivity index (χ2n) is 8.51. The van der Waals surface area contributed by atoms with Crippen molar-refractivity contribution in [3.8, 4) is 11.8 Å². The van der Waals surface area contributed by atoms with Crippen LogP contribution in [0.25, 0.3) is 0 Å². The fraction of sp³-hybridized carbons (Fsp3) is 0.550. The van der Waals surface area contributed by atoms with Gasteiger partial charge in [-0.25, -0.2) is 0 Å². The molecule has 1 aromatic carbocycles. The Balaban J connectivity index is 2.67. The Labute approximate surface area is 153 Å². The summed E-state index contributed by atoms with van der Waals surface area (Å²) in [5, 5.41) is 28.8. The molecule has 6 heteroatoms. The average Bonchev–Trinajstić information content (AvgIpc) is 2.49.